The van der Waals surface area contributed by atoms with Gasteiger partial charge in [0.2, 0.25) is 0 Å². The van der Waals surface area contributed by atoms with Crippen LogP contribution in [-0.4, -0.2) is 18.9 Å². The maximum Gasteiger partial charge on any atom is 0.282 e. The van der Waals surface area contributed by atoms with Gasteiger partial charge in [-0.05, 0) is 60.5 Å². The zero-order valence-corrected chi connectivity index (χ0v) is 16.8. The first-order chi connectivity index (χ1) is 14.9. The second-order valence-corrected chi connectivity index (χ2v) is 7.01. The van der Waals surface area contributed by atoms with Crippen LogP contribution in [0.2, 0.25) is 0 Å². The number of halogens is 2. The lowest BCUT2D eigenvalue weighted by Crippen LogP contribution is -2.32. The third-order valence-corrected chi connectivity index (χ3v) is 4.89. The summed E-state index contributed by atoms with van der Waals surface area (Å²) in [6.45, 7) is 1.83. The van der Waals surface area contributed by atoms with Gasteiger partial charge in [0.1, 0.15) is 23.1 Å². The SMILES string of the molecule is COc1ccc(C)cc1N1C(=O)C(Nc2cccc(F)c2)=C(c2ccc(F)cc2)C1=O. The van der Waals surface area contributed by atoms with Gasteiger partial charge in [0, 0.05) is 5.69 Å². The fourth-order valence-corrected chi connectivity index (χ4v) is 3.43. The lowest BCUT2D eigenvalue weighted by molar-refractivity contribution is -0.120. The molecule has 3 aromatic rings. The molecule has 0 unspecified atom stereocenters. The summed E-state index contributed by atoms with van der Waals surface area (Å²) in [6, 6.07) is 15.9. The molecule has 0 saturated carbocycles. The summed E-state index contributed by atoms with van der Waals surface area (Å²) in [5, 5.41) is 2.87. The van der Waals surface area contributed by atoms with E-state index in [4.69, 9.17) is 4.74 Å². The normalized spacial score (nSPS) is 13.7. The highest BCUT2D eigenvalue weighted by Gasteiger charge is 2.41. The number of benzene rings is 3. The zero-order valence-electron chi connectivity index (χ0n) is 16.8. The van der Waals surface area contributed by atoms with Crippen LogP contribution in [0.15, 0.2) is 72.4 Å². The van der Waals surface area contributed by atoms with Gasteiger partial charge in [0.15, 0.2) is 0 Å². The second kappa shape index (κ2) is 8.02. The largest absolute Gasteiger partial charge is 0.495 e. The third kappa shape index (κ3) is 3.77. The Morgan fingerprint density at radius 1 is 0.871 bits per heavy atom. The van der Waals surface area contributed by atoms with Gasteiger partial charge in [-0.2, -0.15) is 0 Å². The van der Waals surface area contributed by atoms with E-state index in [0.717, 1.165) is 10.5 Å². The molecule has 4 rings (SSSR count). The van der Waals surface area contributed by atoms with E-state index in [9.17, 15) is 18.4 Å². The Hall–Kier alpha value is -4.00. The summed E-state index contributed by atoms with van der Waals surface area (Å²) < 4.78 is 32.5. The summed E-state index contributed by atoms with van der Waals surface area (Å²) in [6.07, 6.45) is 0. The Morgan fingerprint density at radius 2 is 1.61 bits per heavy atom. The van der Waals surface area contributed by atoms with Crippen LogP contribution in [0.4, 0.5) is 20.2 Å². The lowest BCUT2D eigenvalue weighted by Gasteiger charge is -2.19. The molecule has 31 heavy (non-hydrogen) atoms. The van der Waals surface area contributed by atoms with Crippen LogP contribution in [0.3, 0.4) is 0 Å². The minimum atomic E-state index is -0.627. The van der Waals surface area contributed by atoms with Gasteiger partial charge in [-0.15, -0.1) is 0 Å². The van der Waals surface area contributed by atoms with Gasteiger partial charge in [0.05, 0.1) is 18.4 Å². The van der Waals surface area contributed by atoms with Gasteiger partial charge < -0.3 is 10.1 Å². The van der Waals surface area contributed by atoms with Crippen molar-refractivity contribution in [1.29, 1.82) is 0 Å². The summed E-state index contributed by atoms with van der Waals surface area (Å²) in [5.74, 6) is -1.85. The molecule has 0 aliphatic carbocycles. The third-order valence-electron chi connectivity index (χ3n) is 4.89. The van der Waals surface area contributed by atoms with Crippen molar-refractivity contribution >= 4 is 28.8 Å². The standard InChI is InChI=1S/C24H18F2N2O3/c1-14-6-11-20(31-2)19(12-14)28-23(29)21(15-7-9-16(25)10-8-15)22(24(28)30)27-18-5-3-4-17(26)13-18/h3-13,27H,1-2H3. The second-order valence-electron chi connectivity index (χ2n) is 7.01. The Labute approximate surface area is 177 Å². The lowest BCUT2D eigenvalue weighted by atomic mass is 10.0. The zero-order chi connectivity index (χ0) is 22.1. The first-order valence-electron chi connectivity index (χ1n) is 9.45. The number of rotatable bonds is 5. The maximum absolute atomic E-state index is 13.7. The molecule has 156 valence electrons. The van der Waals surface area contributed by atoms with Crippen LogP contribution >= 0.6 is 0 Å². The van der Waals surface area contributed by atoms with E-state index in [1.54, 1.807) is 24.3 Å². The van der Waals surface area contributed by atoms with E-state index in [1.807, 2.05) is 6.92 Å². The first kappa shape index (κ1) is 20.3. The van der Waals surface area contributed by atoms with Crippen LogP contribution in [0.5, 0.6) is 5.75 Å². The maximum atomic E-state index is 13.7. The molecular formula is C24H18F2N2O3. The molecule has 0 saturated heterocycles. The number of aryl methyl sites for hydroxylation is 1. The van der Waals surface area contributed by atoms with Crippen LogP contribution < -0.4 is 15.0 Å². The number of carbonyl (C=O) groups excluding carboxylic acids is 2. The molecule has 0 aromatic heterocycles. The summed E-state index contributed by atoms with van der Waals surface area (Å²) in [4.78, 5) is 27.8. The molecule has 5 nitrogen and oxygen atoms in total. The number of imide groups is 1. The van der Waals surface area contributed by atoms with Crippen molar-refractivity contribution < 1.29 is 23.1 Å². The highest BCUT2D eigenvalue weighted by molar-refractivity contribution is 6.46. The number of nitrogens with one attached hydrogen (secondary N) is 1. The minimum Gasteiger partial charge on any atom is -0.495 e. The van der Waals surface area contributed by atoms with Crippen LogP contribution in [0, 0.1) is 18.6 Å². The van der Waals surface area contributed by atoms with Crippen molar-refractivity contribution in [2.75, 3.05) is 17.3 Å². The molecule has 1 heterocycles. The van der Waals surface area contributed by atoms with E-state index in [0.29, 0.717) is 17.0 Å². The molecule has 3 aromatic carbocycles. The first-order valence-corrected chi connectivity index (χ1v) is 9.45. The molecule has 1 N–H and O–H groups in total. The van der Waals surface area contributed by atoms with Gasteiger partial charge >= 0.3 is 0 Å². The monoisotopic (exact) mass is 420 g/mol. The molecule has 0 atom stereocenters. The van der Waals surface area contributed by atoms with Gasteiger partial charge in [-0.25, -0.2) is 13.7 Å². The topological polar surface area (TPSA) is 58.6 Å². The Kier molecular flexibility index (Phi) is 5.25. The predicted molar refractivity (Wildman–Crippen MR) is 114 cm³/mol. The Morgan fingerprint density at radius 3 is 2.29 bits per heavy atom. The molecular weight excluding hydrogens is 402 g/mol. The summed E-state index contributed by atoms with van der Waals surface area (Å²) in [5.41, 5.74) is 1.78. The number of hydrogen-bond donors (Lipinski definition) is 1. The van der Waals surface area contributed by atoms with Gasteiger partial charge in [0.25, 0.3) is 11.8 Å². The van der Waals surface area contributed by atoms with Crippen molar-refractivity contribution in [2.24, 2.45) is 0 Å². The molecule has 0 bridgehead atoms. The number of amides is 2. The van der Waals surface area contributed by atoms with Crippen molar-refractivity contribution in [3.63, 3.8) is 0 Å². The smallest absolute Gasteiger partial charge is 0.282 e. The highest BCUT2D eigenvalue weighted by Crippen LogP contribution is 2.38. The summed E-state index contributed by atoms with van der Waals surface area (Å²) in [7, 11) is 1.44. The number of ether oxygens (including phenoxy) is 1. The van der Waals surface area contributed by atoms with E-state index in [-0.39, 0.29) is 17.0 Å². The number of nitrogens with zero attached hydrogens (tertiary/aromatic N) is 1. The number of hydrogen-bond acceptors (Lipinski definition) is 4. The molecule has 1 aliphatic heterocycles. The molecule has 0 fully saturated rings. The average Bonchev–Trinajstić information content (AvgIpc) is 2.98. The molecule has 0 radical (unpaired) electrons. The molecule has 0 spiro atoms. The average molecular weight is 420 g/mol. The van der Waals surface area contributed by atoms with E-state index in [1.165, 1.54) is 49.6 Å². The Bertz CT molecular complexity index is 1220. The van der Waals surface area contributed by atoms with Gasteiger partial charge in [-0.3, -0.25) is 9.59 Å². The molecule has 7 heteroatoms. The molecule has 2 amide bonds. The predicted octanol–water partition coefficient (Wildman–Crippen LogP) is 4.68. The van der Waals surface area contributed by atoms with Crippen LogP contribution in [-0.2, 0) is 9.59 Å². The van der Waals surface area contributed by atoms with E-state index in [2.05, 4.69) is 5.32 Å². The van der Waals surface area contributed by atoms with Gasteiger partial charge in [-0.1, -0.05) is 24.3 Å². The quantitative estimate of drug-likeness (QED) is 0.609. The van der Waals surface area contributed by atoms with Crippen molar-refractivity contribution in [1.82, 2.24) is 0 Å². The van der Waals surface area contributed by atoms with E-state index >= 15 is 0 Å². The highest BCUT2D eigenvalue weighted by atomic mass is 19.1. The van der Waals surface area contributed by atoms with Crippen LogP contribution in [0.1, 0.15) is 11.1 Å². The number of anilines is 2. The summed E-state index contributed by atoms with van der Waals surface area (Å²) >= 11 is 0. The fraction of sp³-hybridized carbons (Fsp3) is 0.0833. The minimum absolute atomic E-state index is 0.0363. The van der Waals surface area contributed by atoms with Crippen molar-refractivity contribution in [2.45, 2.75) is 6.92 Å². The number of methoxy groups -OCH3 is 1. The van der Waals surface area contributed by atoms with Crippen molar-refractivity contribution in [3.05, 3.63) is 95.2 Å². The molecule has 1 aliphatic rings. The van der Waals surface area contributed by atoms with Crippen LogP contribution in [0.25, 0.3) is 5.57 Å². The fourth-order valence-electron chi connectivity index (χ4n) is 3.43. The van der Waals surface area contributed by atoms with Crippen molar-refractivity contribution in [3.8, 4) is 5.75 Å². The Balaban J connectivity index is 1.86. The van der Waals surface area contributed by atoms with E-state index < -0.39 is 23.4 Å². The number of carbonyl (C=O) groups is 2.